The summed E-state index contributed by atoms with van der Waals surface area (Å²) in [5, 5.41) is 9.05. The molecule has 3 heteroatoms. The Morgan fingerprint density at radius 3 is 2.94 bits per heavy atom. The zero-order valence-electron chi connectivity index (χ0n) is 10.7. The summed E-state index contributed by atoms with van der Waals surface area (Å²) >= 11 is 0. The van der Waals surface area contributed by atoms with Crippen LogP contribution in [0.1, 0.15) is 31.7 Å². The molecule has 0 fully saturated rings. The van der Waals surface area contributed by atoms with E-state index in [1.807, 2.05) is 25.1 Å². The van der Waals surface area contributed by atoms with Gasteiger partial charge in [-0.25, -0.2) is 0 Å². The molecular formula is C15H18N2O. The first-order valence-corrected chi connectivity index (χ1v) is 6.56. The van der Waals surface area contributed by atoms with E-state index in [0.717, 1.165) is 31.5 Å². The van der Waals surface area contributed by atoms with Crippen molar-refractivity contribution < 1.29 is 4.79 Å². The van der Waals surface area contributed by atoms with Gasteiger partial charge in [0.1, 0.15) is 5.92 Å². The number of aryl methyl sites for hydroxylation is 1. The summed E-state index contributed by atoms with van der Waals surface area (Å²) in [6.45, 7) is 2.61. The number of fused-ring (bicyclic) bond motifs is 1. The van der Waals surface area contributed by atoms with Crippen LogP contribution < -0.4 is 4.90 Å². The van der Waals surface area contributed by atoms with Crippen molar-refractivity contribution in [2.45, 2.75) is 32.6 Å². The predicted molar refractivity (Wildman–Crippen MR) is 71.1 cm³/mol. The van der Waals surface area contributed by atoms with Crippen LogP contribution in [-0.4, -0.2) is 12.5 Å². The molecule has 0 saturated carbocycles. The molecular weight excluding hydrogens is 224 g/mol. The first kappa shape index (κ1) is 12.6. The largest absolute Gasteiger partial charge is 0.311 e. The molecule has 1 aromatic carbocycles. The fourth-order valence-electron chi connectivity index (χ4n) is 2.43. The zero-order valence-corrected chi connectivity index (χ0v) is 10.7. The number of amides is 1. The second kappa shape index (κ2) is 5.68. The molecule has 94 valence electrons. The molecule has 0 spiro atoms. The van der Waals surface area contributed by atoms with Gasteiger partial charge in [0.2, 0.25) is 5.91 Å². The Labute approximate surface area is 108 Å². The molecule has 3 nitrogen and oxygen atoms in total. The number of carbonyl (C=O) groups excluding carboxylic acids is 1. The van der Waals surface area contributed by atoms with Crippen LogP contribution in [-0.2, 0) is 11.2 Å². The first-order chi connectivity index (χ1) is 8.77. The van der Waals surface area contributed by atoms with Gasteiger partial charge < -0.3 is 4.90 Å². The maximum absolute atomic E-state index is 12.4. The van der Waals surface area contributed by atoms with Crippen LogP contribution in [0.2, 0.25) is 0 Å². The molecule has 0 bridgehead atoms. The number of anilines is 1. The highest BCUT2D eigenvalue weighted by Gasteiger charge is 2.26. The molecule has 1 atom stereocenters. The molecule has 0 aromatic heterocycles. The lowest BCUT2D eigenvalue weighted by Crippen LogP contribution is -2.36. The molecule has 1 unspecified atom stereocenters. The van der Waals surface area contributed by atoms with Crippen molar-refractivity contribution in [1.82, 2.24) is 0 Å². The van der Waals surface area contributed by atoms with Crippen molar-refractivity contribution in [3.05, 3.63) is 29.8 Å². The molecule has 0 N–H and O–H groups in total. The molecule has 0 aliphatic carbocycles. The Morgan fingerprint density at radius 2 is 2.22 bits per heavy atom. The van der Waals surface area contributed by atoms with Crippen LogP contribution in [0, 0.1) is 17.2 Å². The van der Waals surface area contributed by atoms with E-state index in [1.165, 1.54) is 5.56 Å². The summed E-state index contributed by atoms with van der Waals surface area (Å²) in [5.41, 5.74) is 2.21. The summed E-state index contributed by atoms with van der Waals surface area (Å²) in [7, 11) is 0. The lowest BCUT2D eigenvalue weighted by atomic mass is 10.0. The maximum atomic E-state index is 12.4. The highest BCUT2D eigenvalue weighted by molar-refractivity contribution is 5.97. The highest BCUT2D eigenvalue weighted by Crippen LogP contribution is 2.27. The normalized spacial score (nSPS) is 16.3. The smallest absolute Gasteiger partial charge is 0.244 e. The minimum Gasteiger partial charge on any atom is -0.311 e. The Bertz CT molecular complexity index is 476. The van der Waals surface area contributed by atoms with E-state index in [0.29, 0.717) is 6.42 Å². The predicted octanol–water partition coefficient (Wildman–Crippen LogP) is 2.91. The molecule has 0 saturated heterocycles. The zero-order chi connectivity index (χ0) is 13.0. The number of hydrogen-bond acceptors (Lipinski definition) is 2. The topological polar surface area (TPSA) is 44.1 Å². The van der Waals surface area contributed by atoms with Crippen LogP contribution in [0.4, 0.5) is 5.69 Å². The standard InChI is InChI=1S/C15H18N2O/c1-2-12(11-16)15(18)17-10-6-5-8-13-7-3-4-9-14(13)17/h3-4,7,9,12H,2,5-6,8,10H2,1H3. The van der Waals surface area contributed by atoms with Gasteiger partial charge in [0.05, 0.1) is 6.07 Å². The van der Waals surface area contributed by atoms with E-state index in [9.17, 15) is 4.79 Å². The highest BCUT2D eigenvalue weighted by atomic mass is 16.2. The molecule has 2 rings (SSSR count). The second-order valence-electron chi connectivity index (χ2n) is 4.67. The van der Waals surface area contributed by atoms with Crippen LogP contribution in [0.5, 0.6) is 0 Å². The van der Waals surface area contributed by atoms with E-state index in [4.69, 9.17) is 5.26 Å². The fraction of sp³-hybridized carbons (Fsp3) is 0.467. The van der Waals surface area contributed by atoms with Crippen LogP contribution in [0.3, 0.4) is 0 Å². The number of benzene rings is 1. The van der Waals surface area contributed by atoms with E-state index in [1.54, 1.807) is 4.90 Å². The van der Waals surface area contributed by atoms with Crippen LogP contribution >= 0.6 is 0 Å². The molecule has 1 aromatic rings. The third-order valence-electron chi connectivity index (χ3n) is 3.49. The van der Waals surface area contributed by atoms with Crippen molar-refractivity contribution in [2.24, 2.45) is 5.92 Å². The van der Waals surface area contributed by atoms with Crippen molar-refractivity contribution in [3.8, 4) is 6.07 Å². The summed E-state index contributed by atoms with van der Waals surface area (Å²) in [5.74, 6) is -0.564. The Kier molecular flexibility index (Phi) is 3.99. The minimum absolute atomic E-state index is 0.0469. The number of rotatable bonds is 2. The first-order valence-electron chi connectivity index (χ1n) is 6.56. The average Bonchev–Trinajstić information content (AvgIpc) is 2.62. The number of nitrogens with zero attached hydrogens (tertiary/aromatic N) is 2. The summed E-state index contributed by atoms with van der Waals surface area (Å²) in [6.07, 6.45) is 3.70. The molecule has 1 aliphatic heterocycles. The molecule has 1 aliphatic rings. The van der Waals surface area contributed by atoms with Gasteiger partial charge >= 0.3 is 0 Å². The maximum Gasteiger partial charge on any atom is 0.244 e. The van der Waals surface area contributed by atoms with Gasteiger partial charge in [-0.2, -0.15) is 5.26 Å². The van der Waals surface area contributed by atoms with Crippen molar-refractivity contribution >= 4 is 11.6 Å². The van der Waals surface area contributed by atoms with E-state index in [2.05, 4.69) is 12.1 Å². The summed E-state index contributed by atoms with van der Waals surface area (Å²) in [4.78, 5) is 14.2. The van der Waals surface area contributed by atoms with Gasteiger partial charge in [0.25, 0.3) is 0 Å². The molecule has 1 amide bonds. The van der Waals surface area contributed by atoms with Crippen LogP contribution in [0.15, 0.2) is 24.3 Å². The summed E-state index contributed by atoms with van der Waals surface area (Å²) < 4.78 is 0. The number of para-hydroxylation sites is 1. The van der Waals surface area contributed by atoms with Crippen molar-refractivity contribution in [3.63, 3.8) is 0 Å². The molecule has 1 heterocycles. The summed E-state index contributed by atoms with van der Waals surface area (Å²) in [6, 6.07) is 10.1. The Balaban J connectivity index is 2.33. The lowest BCUT2D eigenvalue weighted by Gasteiger charge is -2.24. The van der Waals surface area contributed by atoms with Crippen LogP contribution in [0.25, 0.3) is 0 Å². The van der Waals surface area contributed by atoms with Crippen molar-refractivity contribution in [2.75, 3.05) is 11.4 Å². The molecule has 0 radical (unpaired) electrons. The van der Waals surface area contributed by atoms with Gasteiger partial charge in [0.15, 0.2) is 0 Å². The minimum atomic E-state index is -0.517. The van der Waals surface area contributed by atoms with Crippen molar-refractivity contribution in [1.29, 1.82) is 5.26 Å². The Hall–Kier alpha value is -1.82. The van der Waals surface area contributed by atoms with Gasteiger partial charge in [-0.05, 0) is 37.3 Å². The van der Waals surface area contributed by atoms with E-state index >= 15 is 0 Å². The fourth-order valence-corrected chi connectivity index (χ4v) is 2.43. The number of nitriles is 1. The number of carbonyl (C=O) groups is 1. The van der Waals surface area contributed by atoms with Gasteiger partial charge in [-0.3, -0.25) is 4.79 Å². The average molecular weight is 242 g/mol. The number of hydrogen-bond donors (Lipinski definition) is 0. The van der Waals surface area contributed by atoms with Gasteiger partial charge in [-0.1, -0.05) is 25.1 Å². The van der Waals surface area contributed by atoms with E-state index in [-0.39, 0.29) is 5.91 Å². The Morgan fingerprint density at radius 1 is 1.44 bits per heavy atom. The SMILES string of the molecule is CCC(C#N)C(=O)N1CCCCc2ccccc21. The monoisotopic (exact) mass is 242 g/mol. The van der Waals surface area contributed by atoms with Gasteiger partial charge in [-0.15, -0.1) is 0 Å². The van der Waals surface area contributed by atoms with Gasteiger partial charge in [0, 0.05) is 12.2 Å². The quantitative estimate of drug-likeness (QED) is 0.800. The third-order valence-corrected chi connectivity index (χ3v) is 3.49. The second-order valence-corrected chi connectivity index (χ2v) is 4.67. The lowest BCUT2D eigenvalue weighted by molar-refractivity contribution is -0.120. The molecule has 18 heavy (non-hydrogen) atoms. The van der Waals surface area contributed by atoms with E-state index < -0.39 is 5.92 Å². The third kappa shape index (κ3) is 2.38.